The van der Waals surface area contributed by atoms with E-state index < -0.39 is 23.7 Å². The number of alkyl halides is 6. The zero-order valence-electron chi connectivity index (χ0n) is 15.8. The molecular weight excluding hydrogens is 528 g/mol. The van der Waals surface area contributed by atoms with Crippen molar-refractivity contribution in [2.45, 2.75) is 19.3 Å². The number of nitrogens with zero attached hydrogens (tertiary/aromatic N) is 7. The predicted octanol–water partition coefficient (Wildman–Crippen LogP) is 5.40. The molecule has 5 aromatic heterocycles. The van der Waals surface area contributed by atoms with Gasteiger partial charge in [0.05, 0.1) is 9.99 Å². The van der Waals surface area contributed by atoms with E-state index in [1.165, 1.54) is 17.8 Å². The van der Waals surface area contributed by atoms with Gasteiger partial charge in [-0.2, -0.15) is 31.4 Å². The standard InChI is InChI=1S/C17H8BrF6N7S/c1-5-3-6(16(19,20)21)26-15-7(5)9-11(32-15)14-27-13(29-31(14)4-25-9)10-8(18)12(17(22,23)24)30(2)28-10/h3-4H,1-2H3. The first-order valence-electron chi connectivity index (χ1n) is 8.68. The number of thiophene rings is 1. The number of aromatic nitrogens is 7. The van der Waals surface area contributed by atoms with Crippen molar-refractivity contribution in [2.75, 3.05) is 0 Å². The van der Waals surface area contributed by atoms with Gasteiger partial charge in [-0.25, -0.2) is 19.5 Å². The van der Waals surface area contributed by atoms with E-state index in [2.05, 4.69) is 41.1 Å². The molecule has 0 aromatic carbocycles. The summed E-state index contributed by atoms with van der Waals surface area (Å²) in [5, 5.41) is 8.48. The van der Waals surface area contributed by atoms with Gasteiger partial charge in [0, 0.05) is 12.4 Å². The third-order valence-corrected chi connectivity index (χ3v) is 6.54. The monoisotopic (exact) mass is 535 g/mol. The molecule has 15 heteroatoms. The second-order valence-corrected chi connectivity index (χ2v) is 8.65. The van der Waals surface area contributed by atoms with Crippen LogP contribution in [0.15, 0.2) is 16.9 Å². The normalized spacial score (nSPS) is 13.2. The Kier molecular flexibility index (Phi) is 4.34. The molecule has 5 aromatic rings. The third kappa shape index (κ3) is 3.05. The maximum absolute atomic E-state index is 13.3. The topological polar surface area (TPSA) is 73.8 Å². The molecule has 0 spiro atoms. The molecule has 166 valence electrons. The molecule has 0 unspecified atom stereocenters. The van der Waals surface area contributed by atoms with Gasteiger partial charge in [-0.1, -0.05) is 0 Å². The smallest absolute Gasteiger partial charge is 0.262 e. The van der Waals surface area contributed by atoms with Crippen molar-refractivity contribution in [1.82, 2.24) is 34.3 Å². The Bertz CT molecular complexity index is 1550. The van der Waals surface area contributed by atoms with Crippen molar-refractivity contribution in [3.05, 3.63) is 33.8 Å². The van der Waals surface area contributed by atoms with Gasteiger partial charge in [-0.15, -0.1) is 16.4 Å². The van der Waals surface area contributed by atoms with Crippen LogP contribution in [0.25, 0.3) is 37.6 Å². The fraction of sp³-hybridized carbons (Fsp3) is 0.235. The van der Waals surface area contributed by atoms with E-state index in [0.717, 1.165) is 24.5 Å². The SMILES string of the molecule is Cc1cc(C(F)(F)F)nc2sc3c(ncn4nc(-c5nn(C)c(C(F)(F)F)c5Br)nc34)c12. The Labute approximate surface area is 185 Å². The highest BCUT2D eigenvalue weighted by Crippen LogP contribution is 2.41. The average Bonchev–Trinajstić information content (AvgIpc) is 3.32. The van der Waals surface area contributed by atoms with Crippen molar-refractivity contribution in [3.8, 4) is 11.5 Å². The summed E-state index contributed by atoms with van der Waals surface area (Å²) in [5.74, 6) is -0.101. The van der Waals surface area contributed by atoms with E-state index in [1.807, 2.05) is 0 Å². The summed E-state index contributed by atoms with van der Waals surface area (Å²) >= 11 is 3.87. The minimum atomic E-state index is -4.66. The van der Waals surface area contributed by atoms with Crippen LogP contribution in [0.5, 0.6) is 0 Å². The molecule has 0 aliphatic heterocycles. The van der Waals surface area contributed by atoms with Crippen LogP contribution in [-0.4, -0.2) is 34.3 Å². The lowest BCUT2D eigenvalue weighted by molar-refractivity contribution is -0.144. The highest BCUT2D eigenvalue weighted by molar-refractivity contribution is 9.10. The zero-order chi connectivity index (χ0) is 23.2. The lowest BCUT2D eigenvalue weighted by atomic mass is 10.1. The summed E-state index contributed by atoms with van der Waals surface area (Å²) in [6.07, 6.45) is -7.97. The van der Waals surface area contributed by atoms with Gasteiger partial charge in [-0.05, 0) is 34.5 Å². The third-order valence-electron chi connectivity index (χ3n) is 4.72. The Morgan fingerprint density at radius 1 is 1.03 bits per heavy atom. The number of fused-ring (bicyclic) bond motifs is 5. The van der Waals surface area contributed by atoms with Crippen molar-refractivity contribution in [1.29, 1.82) is 0 Å². The second kappa shape index (κ2) is 6.60. The van der Waals surface area contributed by atoms with Gasteiger partial charge in [0.15, 0.2) is 11.3 Å². The largest absolute Gasteiger partial charge is 0.434 e. The van der Waals surface area contributed by atoms with E-state index in [4.69, 9.17) is 0 Å². The van der Waals surface area contributed by atoms with Gasteiger partial charge in [0.1, 0.15) is 27.2 Å². The molecule has 32 heavy (non-hydrogen) atoms. The molecule has 0 aliphatic rings. The highest BCUT2D eigenvalue weighted by atomic mass is 79.9. The molecule has 5 rings (SSSR count). The summed E-state index contributed by atoms with van der Waals surface area (Å²) in [5.41, 5.74) is -1.22. The Morgan fingerprint density at radius 2 is 1.75 bits per heavy atom. The Hall–Kier alpha value is -2.81. The molecule has 0 atom stereocenters. The average molecular weight is 536 g/mol. The van der Waals surface area contributed by atoms with E-state index in [1.54, 1.807) is 0 Å². The van der Waals surface area contributed by atoms with E-state index in [0.29, 0.717) is 25.8 Å². The second-order valence-electron chi connectivity index (χ2n) is 6.86. The van der Waals surface area contributed by atoms with Crippen molar-refractivity contribution < 1.29 is 26.3 Å². The van der Waals surface area contributed by atoms with Gasteiger partial charge >= 0.3 is 12.4 Å². The van der Waals surface area contributed by atoms with Crippen molar-refractivity contribution >= 4 is 53.3 Å². The van der Waals surface area contributed by atoms with Crippen LogP contribution in [0.4, 0.5) is 26.3 Å². The molecule has 0 amide bonds. The van der Waals surface area contributed by atoms with Crippen molar-refractivity contribution in [3.63, 3.8) is 0 Å². The molecular formula is C17H8BrF6N7S. The van der Waals surface area contributed by atoms with Gasteiger partial charge in [0.25, 0.3) is 0 Å². The molecule has 0 radical (unpaired) electrons. The number of rotatable bonds is 1. The first-order valence-corrected chi connectivity index (χ1v) is 10.3. The van der Waals surface area contributed by atoms with Gasteiger partial charge < -0.3 is 0 Å². The molecule has 0 saturated carbocycles. The maximum Gasteiger partial charge on any atom is 0.434 e. The lowest BCUT2D eigenvalue weighted by Gasteiger charge is -2.06. The van der Waals surface area contributed by atoms with Gasteiger partial charge in [-0.3, -0.25) is 4.68 Å². The number of hydrogen-bond donors (Lipinski definition) is 0. The van der Waals surface area contributed by atoms with E-state index in [9.17, 15) is 26.3 Å². The Morgan fingerprint density at radius 3 is 2.38 bits per heavy atom. The number of aryl methyl sites for hydroxylation is 2. The fourth-order valence-corrected chi connectivity index (χ4v) is 5.32. The molecule has 0 N–H and O–H groups in total. The first-order chi connectivity index (χ1) is 14.9. The number of hydrogen-bond acceptors (Lipinski definition) is 6. The van der Waals surface area contributed by atoms with Crippen LogP contribution in [0.2, 0.25) is 0 Å². The molecule has 5 heterocycles. The van der Waals surface area contributed by atoms with E-state index >= 15 is 0 Å². The minimum absolute atomic E-state index is 0.101. The van der Waals surface area contributed by atoms with Crippen LogP contribution >= 0.6 is 27.3 Å². The molecule has 0 bridgehead atoms. The van der Waals surface area contributed by atoms with Crippen LogP contribution in [0, 0.1) is 6.92 Å². The fourth-order valence-electron chi connectivity index (χ4n) is 3.40. The van der Waals surface area contributed by atoms with Crippen molar-refractivity contribution in [2.24, 2.45) is 7.05 Å². The highest BCUT2D eigenvalue weighted by Gasteiger charge is 2.39. The minimum Gasteiger partial charge on any atom is -0.262 e. The molecule has 0 aliphatic carbocycles. The van der Waals surface area contributed by atoms with E-state index in [-0.39, 0.29) is 26.5 Å². The summed E-state index contributed by atoms with van der Waals surface area (Å²) in [6.45, 7) is 1.52. The van der Waals surface area contributed by atoms with Gasteiger partial charge in [0.2, 0.25) is 5.82 Å². The number of halogens is 7. The Balaban J connectivity index is 1.76. The molecule has 7 nitrogen and oxygen atoms in total. The summed E-state index contributed by atoms with van der Waals surface area (Å²) < 4.78 is 81.3. The zero-order valence-corrected chi connectivity index (χ0v) is 18.2. The first kappa shape index (κ1) is 21.1. The molecule has 0 saturated heterocycles. The van der Waals surface area contributed by atoms with Crippen LogP contribution in [0.3, 0.4) is 0 Å². The quantitative estimate of drug-likeness (QED) is 0.269. The van der Waals surface area contributed by atoms with Crippen LogP contribution in [0.1, 0.15) is 17.0 Å². The lowest BCUT2D eigenvalue weighted by Crippen LogP contribution is -2.12. The van der Waals surface area contributed by atoms with Crippen LogP contribution in [-0.2, 0) is 19.4 Å². The number of pyridine rings is 1. The summed E-state index contributed by atoms with van der Waals surface area (Å²) in [6, 6.07) is 0.944. The van der Waals surface area contributed by atoms with Crippen LogP contribution < -0.4 is 0 Å². The maximum atomic E-state index is 13.3. The summed E-state index contributed by atoms with van der Waals surface area (Å²) in [7, 11) is 1.14. The summed E-state index contributed by atoms with van der Waals surface area (Å²) in [4.78, 5) is 12.4. The molecule has 0 fully saturated rings. The predicted molar refractivity (Wildman–Crippen MR) is 106 cm³/mol.